The molecular formula is C14H20ClN. The number of fused-ring (bicyclic) bond motifs is 1. The molecule has 0 saturated carbocycles. The molecule has 0 aromatic heterocycles. The van der Waals surface area contributed by atoms with Gasteiger partial charge in [0.05, 0.1) is 0 Å². The van der Waals surface area contributed by atoms with Gasteiger partial charge in [-0.3, -0.25) is 0 Å². The summed E-state index contributed by atoms with van der Waals surface area (Å²) >= 11 is 5.91. The highest BCUT2D eigenvalue weighted by Crippen LogP contribution is 2.26. The molecule has 2 heteroatoms. The van der Waals surface area contributed by atoms with Crippen molar-refractivity contribution in [3.05, 3.63) is 29.8 Å². The summed E-state index contributed by atoms with van der Waals surface area (Å²) in [7, 11) is 0. The first-order chi connectivity index (χ1) is 7.81. The number of aryl methyl sites for hydroxylation is 1. The Hall–Kier alpha value is -0.690. The van der Waals surface area contributed by atoms with Gasteiger partial charge in [0, 0.05) is 24.7 Å². The first-order valence-electron chi connectivity index (χ1n) is 6.20. The Labute approximate surface area is 103 Å². The van der Waals surface area contributed by atoms with Crippen molar-refractivity contribution in [2.24, 2.45) is 5.92 Å². The standard InChI is InChI=1S/C14H20ClN/c1-12(10-15)11-16-9-5-4-7-13-6-2-3-8-14(13)16/h2-3,6,8,12H,4-5,7,9-11H2,1H3. The topological polar surface area (TPSA) is 3.24 Å². The van der Waals surface area contributed by atoms with E-state index in [1.54, 1.807) is 0 Å². The summed E-state index contributed by atoms with van der Waals surface area (Å²) in [6.45, 7) is 4.49. The van der Waals surface area contributed by atoms with E-state index in [-0.39, 0.29) is 0 Å². The van der Waals surface area contributed by atoms with Crippen LogP contribution in [-0.2, 0) is 6.42 Å². The summed E-state index contributed by atoms with van der Waals surface area (Å²) in [4.78, 5) is 2.51. The van der Waals surface area contributed by atoms with E-state index < -0.39 is 0 Å². The van der Waals surface area contributed by atoms with Crippen LogP contribution in [0, 0.1) is 5.92 Å². The number of nitrogens with zero attached hydrogens (tertiary/aromatic N) is 1. The molecule has 0 fully saturated rings. The Morgan fingerprint density at radius 1 is 1.31 bits per heavy atom. The second kappa shape index (κ2) is 5.58. The van der Waals surface area contributed by atoms with E-state index in [0.717, 1.165) is 12.4 Å². The number of alkyl halides is 1. The summed E-state index contributed by atoms with van der Waals surface area (Å²) in [5.74, 6) is 1.31. The highest BCUT2D eigenvalue weighted by molar-refractivity contribution is 6.18. The molecule has 16 heavy (non-hydrogen) atoms. The minimum absolute atomic E-state index is 0.563. The van der Waals surface area contributed by atoms with Crippen LogP contribution in [-0.4, -0.2) is 19.0 Å². The van der Waals surface area contributed by atoms with Gasteiger partial charge in [-0.15, -0.1) is 11.6 Å². The van der Waals surface area contributed by atoms with E-state index >= 15 is 0 Å². The molecule has 0 spiro atoms. The third-order valence-electron chi connectivity index (χ3n) is 3.25. The summed E-state index contributed by atoms with van der Waals surface area (Å²) in [6, 6.07) is 8.80. The van der Waals surface area contributed by atoms with Crippen LogP contribution in [0.4, 0.5) is 5.69 Å². The average Bonchev–Trinajstić information content (AvgIpc) is 2.52. The van der Waals surface area contributed by atoms with Crippen molar-refractivity contribution < 1.29 is 0 Å². The number of hydrogen-bond donors (Lipinski definition) is 0. The molecule has 0 radical (unpaired) electrons. The molecule has 0 aliphatic carbocycles. The van der Waals surface area contributed by atoms with Crippen LogP contribution in [0.1, 0.15) is 25.3 Å². The van der Waals surface area contributed by atoms with Crippen LogP contribution in [0.25, 0.3) is 0 Å². The number of hydrogen-bond acceptors (Lipinski definition) is 1. The van der Waals surface area contributed by atoms with Crippen molar-refractivity contribution in [1.29, 1.82) is 0 Å². The predicted octanol–water partition coefficient (Wildman–Crippen LogP) is 3.70. The smallest absolute Gasteiger partial charge is 0.0398 e. The SMILES string of the molecule is CC(CCl)CN1CCCCc2ccccc21. The van der Waals surface area contributed by atoms with Crippen molar-refractivity contribution in [2.45, 2.75) is 26.2 Å². The molecule has 1 nitrogen and oxygen atoms in total. The zero-order valence-electron chi connectivity index (χ0n) is 9.95. The first-order valence-corrected chi connectivity index (χ1v) is 6.73. The number of anilines is 1. The van der Waals surface area contributed by atoms with Crippen LogP contribution < -0.4 is 4.90 Å². The molecule has 1 aromatic carbocycles. The molecule has 0 bridgehead atoms. The highest BCUT2D eigenvalue weighted by Gasteiger charge is 2.16. The fourth-order valence-electron chi connectivity index (χ4n) is 2.38. The van der Waals surface area contributed by atoms with Gasteiger partial charge < -0.3 is 4.90 Å². The molecule has 2 rings (SSSR count). The Kier molecular flexibility index (Phi) is 4.11. The maximum absolute atomic E-state index is 5.91. The molecule has 1 unspecified atom stereocenters. The molecule has 1 heterocycles. The van der Waals surface area contributed by atoms with Gasteiger partial charge in [0.25, 0.3) is 0 Å². The van der Waals surface area contributed by atoms with Crippen LogP contribution >= 0.6 is 11.6 Å². The molecule has 0 saturated heterocycles. The van der Waals surface area contributed by atoms with Crippen LogP contribution in [0.5, 0.6) is 0 Å². The van der Waals surface area contributed by atoms with Crippen molar-refractivity contribution in [2.75, 3.05) is 23.9 Å². The minimum atomic E-state index is 0.563. The van der Waals surface area contributed by atoms with Crippen molar-refractivity contribution >= 4 is 17.3 Å². The molecule has 1 aromatic rings. The third-order valence-corrected chi connectivity index (χ3v) is 3.78. The van der Waals surface area contributed by atoms with Crippen molar-refractivity contribution in [1.82, 2.24) is 0 Å². The van der Waals surface area contributed by atoms with Gasteiger partial charge in [0.15, 0.2) is 0 Å². The summed E-state index contributed by atoms with van der Waals surface area (Å²) in [5.41, 5.74) is 2.93. The Bertz CT molecular complexity index is 337. The lowest BCUT2D eigenvalue weighted by molar-refractivity contribution is 0.605. The van der Waals surface area contributed by atoms with E-state index in [0.29, 0.717) is 5.92 Å². The Morgan fingerprint density at radius 2 is 2.12 bits per heavy atom. The van der Waals surface area contributed by atoms with Crippen LogP contribution in [0.15, 0.2) is 24.3 Å². The molecular weight excluding hydrogens is 218 g/mol. The second-order valence-corrected chi connectivity index (χ2v) is 5.10. The first kappa shape index (κ1) is 11.8. The van der Waals surface area contributed by atoms with Crippen LogP contribution in [0.3, 0.4) is 0 Å². The van der Waals surface area contributed by atoms with Crippen molar-refractivity contribution in [3.8, 4) is 0 Å². The summed E-state index contributed by atoms with van der Waals surface area (Å²) in [6.07, 6.45) is 3.83. The summed E-state index contributed by atoms with van der Waals surface area (Å²) < 4.78 is 0. The molecule has 0 N–H and O–H groups in total. The van der Waals surface area contributed by atoms with Crippen molar-refractivity contribution in [3.63, 3.8) is 0 Å². The van der Waals surface area contributed by atoms with Gasteiger partial charge in [-0.1, -0.05) is 25.1 Å². The van der Waals surface area contributed by atoms with E-state index in [2.05, 4.69) is 36.1 Å². The molecule has 88 valence electrons. The Balaban J connectivity index is 2.19. The quantitative estimate of drug-likeness (QED) is 0.725. The molecule has 0 amide bonds. The second-order valence-electron chi connectivity index (χ2n) is 4.79. The van der Waals surface area contributed by atoms with Gasteiger partial charge in [0.2, 0.25) is 0 Å². The Morgan fingerprint density at radius 3 is 2.94 bits per heavy atom. The monoisotopic (exact) mass is 237 g/mol. The minimum Gasteiger partial charge on any atom is -0.371 e. The van der Waals surface area contributed by atoms with Crippen LogP contribution in [0.2, 0.25) is 0 Å². The number of para-hydroxylation sites is 1. The highest BCUT2D eigenvalue weighted by atomic mass is 35.5. The normalized spacial score (nSPS) is 17.8. The molecule has 1 atom stereocenters. The largest absolute Gasteiger partial charge is 0.371 e. The fraction of sp³-hybridized carbons (Fsp3) is 0.571. The number of halogens is 1. The number of benzene rings is 1. The van der Waals surface area contributed by atoms with Gasteiger partial charge in [-0.05, 0) is 36.8 Å². The lowest BCUT2D eigenvalue weighted by Crippen LogP contribution is -2.29. The van der Waals surface area contributed by atoms with Gasteiger partial charge >= 0.3 is 0 Å². The average molecular weight is 238 g/mol. The third kappa shape index (κ3) is 2.70. The van der Waals surface area contributed by atoms with Gasteiger partial charge in [-0.2, -0.15) is 0 Å². The lowest BCUT2D eigenvalue weighted by Gasteiger charge is -2.27. The predicted molar refractivity (Wildman–Crippen MR) is 71.5 cm³/mol. The fourth-order valence-corrected chi connectivity index (χ4v) is 2.48. The maximum atomic E-state index is 5.91. The van der Waals surface area contributed by atoms with E-state index in [4.69, 9.17) is 11.6 Å². The zero-order valence-corrected chi connectivity index (χ0v) is 10.7. The molecule has 1 aliphatic heterocycles. The van der Waals surface area contributed by atoms with E-state index in [1.807, 2.05) is 0 Å². The number of rotatable bonds is 3. The van der Waals surface area contributed by atoms with Gasteiger partial charge in [-0.25, -0.2) is 0 Å². The maximum Gasteiger partial charge on any atom is 0.0398 e. The van der Waals surface area contributed by atoms with E-state index in [9.17, 15) is 0 Å². The van der Waals surface area contributed by atoms with Gasteiger partial charge in [0.1, 0.15) is 0 Å². The lowest BCUT2D eigenvalue weighted by atomic mass is 10.1. The molecule has 1 aliphatic rings. The zero-order chi connectivity index (χ0) is 11.4. The summed E-state index contributed by atoms with van der Waals surface area (Å²) in [5, 5.41) is 0. The van der Waals surface area contributed by atoms with E-state index in [1.165, 1.54) is 37.1 Å².